The van der Waals surface area contributed by atoms with Crippen LogP contribution in [-0.2, 0) is 4.79 Å². The quantitative estimate of drug-likeness (QED) is 0.690. The van der Waals surface area contributed by atoms with Crippen molar-refractivity contribution >= 4 is 5.97 Å². The standard InChI is InChI=1S/C11H22N2O2/c1-8(13(4)9-5-6-9)7-11(2,12-3)10(14)15/h8-9,12H,5-7H2,1-4H3,(H,14,15). The normalized spacial score (nSPS) is 22.5. The van der Waals surface area contributed by atoms with Gasteiger partial charge in [0.1, 0.15) is 5.54 Å². The van der Waals surface area contributed by atoms with E-state index in [1.54, 1.807) is 14.0 Å². The first kappa shape index (κ1) is 12.5. The van der Waals surface area contributed by atoms with E-state index in [1.165, 1.54) is 12.8 Å². The zero-order valence-corrected chi connectivity index (χ0v) is 10.1. The van der Waals surface area contributed by atoms with Gasteiger partial charge in [-0.2, -0.15) is 0 Å². The monoisotopic (exact) mass is 214 g/mol. The van der Waals surface area contributed by atoms with Crippen molar-refractivity contribution in [1.29, 1.82) is 0 Å². The van der Waals surface area contributed by atoms with E-state index in [2.05, 4.69) is 24.2 Å². The van der Waals surface area contributed by atoms with E-state index in [1.807, 2.05) is 0 Å². The third-order valence-electron chi connectivity index (χ3n) is 3.55. The maximum absolute atomic E-state index is 11.1. The average molecular weight is 214 g/mol. The molecule has 0 heterocycles. The number of carbonyl (C=O) groups is 1. The lowest BCUT2D eigenvalue weighted by atomic mass is 9.93. The van der Waals surface area contributed by atoms with Crippen LogP contribution in [0.4, 0.5) is 0 Å². The van der Waals surface area contributed by atoms with Gasteiger partial charge in [-0.3, -0.25) is 4.79 Å². The van der Waals surface area contributed by atoms with Crippen LogP contribution in [0.1, 0.15) is 33.1 Å². The van der Waals surface area contributed by atoms with E-state index in [0.717, 1.165) is 0 Å². The SMILES string of the molecule is CNC(C)(CC(C)N(C)C1CC1)C(=O)O. The van der Waals surface area contributed by atoms with Gasteiger partial charge in [-0.1, -0.05) is 0 Å². The Morgan fingerprint density at radius 3 is 2.53 bits per heavy atom. The lowest BCUT2D eigenvalue weighted by Gasteiger charge is -2.32. The minimum atomic E-state index is -0.817. The number of likely N-dealkylation sites (N-methyl/N-ethyl adjacent to an activating group) is 1. The van der Waals surface area contributed by atoms with Gasteiger partial charge in [0.05, 0.1) is 0 Å². The number of nitrogens with one attached hydrogen (secondary N) is 1. The second kappa shape index (κ2) is 4.49. The topological polar surface area (TPSA) is 52.6 Å². The van der Waals surface area contributed by atoms with E-state index in [0.29, 0.717) is 18.5 Å². The Morgan fingerprint density at radius 1 is 1.67 bits per heavy atom. The van der Waals surface area contributed by atoms with Crippen molar-refractivity contribution in [3.8, 4) is 0 Å². The Balaban J connectivity index is 2.53. The lowest BCUT2D eigenvalue weighted by molar-refractivity contribution is -0.144. The molecule has 0 saturated heterocycles. The molecule has 4 nitrogen and oxygen atoms in total. The number of carboxylic acids is 1. The molecule has 1 saturated carbocycles. The maximum Gasteiger partial charge on any atom is 0.323 e. The molecule has 1 aliphatic rings. The molecule has 88 valence electrons. The molecule has 2 atom stereocenters. The van der Waals surface area contributed by atoms with Crippen molar-refractivity contribution in [3.63, 3.8) is 0 Å². The Labute approximate surface area is 91.6 Å². The van der Waals surface area contributed by atoms with Crippen LogP contribution in [0.25, 0.3) is 0 Å². The van der Waals surface area contributed by atoms with E-state index in [4.69, 9.17) is 5.11 Å². The minimum absolute atomic E-state index is 0.297. The highest BCUT2D eigenvalue weighted by Gasteiger charge is 2.37. The number of nitrogens with zero attached hydrogens (tertiary/aromatic N) is 1. The molecular formula is C11H22N2O2. The second-order valence-electron chi connectivity index (χ2n) is 4.84. The van der Waals surface area contributed by atoms with Gasteiger partial charge in [-0.05, 0) is 47.2 Å². The molecule has 15 heavy (non-hydrogen) atoms. The summed E-state index contributed by atoms with van der Waals surface area (Å²) in [6.07, 6.45) is 3.14. The predicted octanol–water partition coefficient (Wildman–Crippen LogP) is 0.922. The Bertz CT molecular complexity index is 241. The third-order valence-corrected chi connectivity index (χ3v) is 3.55. The lowest BCUT2D eigenvalue weighted by Crippen LogP contribution is -2.51. The van der Waals surface area contributed by atoms with E-state index in [9.17, 15) is 4.79 Å². The summed E-state index contributed by atoms with van der Waals surface area (Å²) < 4.78 is 0. The molecule has 0 aromatic rings. The summed E-state index contributed by atoms with van der Waals surface area (Å²) in [5.74, 6) is -0.777. The van der Waals surface area contributed by atoms with Gasteiger partial charge in [-0.25, -0.2) is 0 Å². The van der Waals surface area contributed by atoms with E-state index >= 15 is 0 Å². The van der Waals surface area contributed by atoms with Crippen molar-refractivity contribution in [3.05, 3.63) is 0 Å². The number of carboxylic acid groups (broad SMARTS) is 1. The van der Waals surface area contributed by atoms with Crippen molar-refractivity contribution < 1.29 is 9.90 Å². The van der Waals surface area contributed by atoms with Crippen molar-refractivity contribution in [2.24, 2.45) is 0 Å². The highest BCUT2D eigenvalue weighted by molar-refractivity contribution is 5.78. The molecule has 1 fully saturated rings. The van der Waals surface area contributed by atoms with Crippen molar-refractivity contribution in [2.75, 3.05) is 14.1 Å². The zero-order chi connectivity index (χ0) is 11.6. The van der Waals surface area contributed by atoms with Crippen LogP contribution in [0.2, 0.25) is 0 Å². The van der Waals surface area contributed by atoms with Crippen molar-refractivity contribution in [1.82, 2.24) is 10.2 Å². The summed E-state index contributed by atoms with van der Waals surface area (Å²) in [6, 6.07) is 0.973. The smallest absolute Gasteiger partial charge is 0.323 e. The summed E-state index contributed by atoms with van der Waals surface area (Å²) in [5, 5.41) is 12.0. The van der Waals surface area contributed by atoms with Crippen LogP contribution >= 0.6 is 0 Å². The molecule has 2 N–H and O–H groups in total. The van der Waals surface area contributed by atoms with Crippen LogP contribution in [0.15, 0.2) is 0 Å². The van der Waals surface area contributed by atoms with Gasteiger partial charge in [-0.15, -0.1) is 0 Å². The van der Waals surface area contributed by atoms with Gasteiger partial charge in [0.2, 0.25) is 0 Å². The zero-order valence-electron chi connectivity index (χ0n) is 10.1. The highest BCUT2D eigenvalue weighted by atomic mass is 16.4. The number of hydrogen-bond acceptors (Lipinski definition) is 3. The average Bonchev–Trinajstić information content (AvgIpc) is 2.99. The Kier molecular flexibility index (Phi) is 3.73. The van der Waals surface area contributed by atoms with Gasteiger partial charge in [0.25, 0.3) is 0 Å². The van der Waals surface area contributed by atoms with Gasteiger partial charge in [0.15, 0.2) is 0 Å². The van der Waals surface area contributed by atoms with Crippen LogP contribution < -0.4 is 5.32 Å². The molecule has 0 spiro atoms. The number of aliphatic carboxylic acids is 1. The fourth-order valence-corrected chi connectivity index (χ4v) is 1.87. The Hall–Kier alpha value is -0.610. The predicted molar refractivity (Wildman–Crippen MR) is 60.0 cm³/mol. The maximum atomic E-state index is 11.1. The fraction of sp³-hybridized carbons (Fsp3) is 0.909. The number of rotatable bonds is 6. The fourth-order valence-electron chi connectivity index (χ4n) is 1.87. The molecule has 1 rings (SSSR count). The molecule has 0 amide bonds. The van der Waals surface area contributed by atoms with Gasteiger partial charge >= 0.3 is 5.97 Å². The summed E-state index contributed by atoms with van der Waals surface area (Å²) in [5.41, 5.74) is -0.817. The summed E-state index contributed by atoms with van der Waals surface area (Å²) in [7, 11) is 3.79. The molecule has 0 aliphatic heterocycles. The van der Waals surface area contributed by atoms with Crippen LogP contribution in [0.5, 0.6) is 0 Å². The number of hydrogen-bond donors (Lipinski definition) is 2. The van der Waals surface area contributed by atoms with Crippen molar-refractivity contribution in [2.45, 2.75) is 50.7 Å². The summed E-state index contributed by atoms with van der Waals surface area (Å²) >= 11 is 0. The molecule has 0 aromatic heterocycles. The molecule has 2 unspecified atom stereocenters. The first-order chi connectivity index (χ1) is 6.90. The van der Waals surface area contributed by atoms with E-state index in [-0.39, 0.29) is 0 Å². The minimum Gasteiger partial charge on any atom is -0.480 e. The molecule has 4 heteroatoms. The summed E-state index contributed by atoms with van der Waals surface area (Å²) in [6.45, 7) is 3.84. The Morgan fingerprint density at radius 2 is 2.20 bits per heavy atom. The molecule has 1 aliphatic carbocycles. The molecular weight excluding hydrogens is 192 g/mol. The van der Waals surface area contributed by atoms with Crippen LogP contribution in [-0.4, -0.2) is 47.7 Å². The third kappa shape index (κ3) is 2.92. The van der Waals surface area contributed by atoms with Crippen LogP contribution in [0.3, 0.4) is 0 Å². The largest absolute Gasteiger partial charge is 0.480 e. The van der Waals surface area contributed by atoms with Crippen LogP contribution in [0, 0.1) is 0 Å². The van der Waals surface area contributed by atoms with Gasteiger partial charge in [0, 0.05) is 12.1 Å². The first-order valence-corrected chi connectivity index (χ1v) is 5.55. The highest BCUT2D eigenvalue weighted by Crippen LogP contribution is 2.29. The summed E-state index contributed by atoms with van der Waals surface area (Å²) in [4.78, 5) is 13.4. The molecule has 0 radical (unpaired) electrons. The van der Waals surface area contributed by atoms with Gasteiger partial charge < -0.3 is 15.3 Å². The molecule has 0 bridgehead atoms. The molecule has 0 aromatic carbocycles. The first-order valence-electron chi connectivity index (χ1n) is 5.55. The van der Waals surface area contributed by atoms with E-state index < -0.39 is 11.5 Å². The second-order valence-corrected chi connectivity index (χ2v) is 4.84.